The predicted molar refractivity (Wildman–Crippen MR) is 122 cm³/mol. The van der Waals surface area contributed by atoms with Crippen LogP contribution in [0.1, 0.15) is 25.8 Å². The maximum atomic E-state index is 12.6. The second-order valence-corrected chi connectivity index (χ2v) is 7.57. The first-order valence-electron chi connectivity index (χ1n) is 9.88. The molecular weight excluding hydrogens is 414 g/mol. The Morgan fingerprint density at radius 3 is 2.32 bits per heavy atom. The molecule has 0 saturated heterocycles. The lowest BCUT2D eigenvalue weighted by atomic mass is 10.1. The molecule has 0 radical (unpaired) electrons. The summed E-state index contributed by atoms with van der Waals surface area (Å²) in [6.45, 7) is 3.76. The third kappa shape index (κ3) is 5.79. The molecule has 0 unspecified atom stereocenters. The number of hydrogen-bond donors (Lipinski definition) is 3. The van der Waals surface area contributed by atoms with Crippen molar-refractivity contribution in [3.05, 3.63) is 64.4 Å². The normalized spacial score (nSPS) is 10.5. The third-order valence-corrected chi connectivity index (χ3v) is 5.33. The molecule has 0 aliphatic carbocycles. The summed E-state index contributed by atoms with van der Waals surface area (Å²) in [7, 11) is 0. The van der Waals surface area contributed by atoms with Gasteiger partial charge in [0.15, 0.2) is 10.9 Å². The van der Waals surface area contributed by atoms with Gasteiger partial charge in [-0.2, -0.15) is 0 Å². The van der Waals surface area contributed by atoms with Crippen LogP contribution in [0, 0.1) is 0 Å². The molecule has 0 bridgehead atoms. The minimum Gasteiger partial charge on any atom is -0.325 e. The van der Waals surface area contributed by atoms with Crippen molar-refractivity contribution in [2.45, 2.75) is 31.8 Å². The summed E-state index contributed by atoms with van der Waals surface area (Å²) in [5.74, 6) is -0.296. The Hall–Kier alpha value is -3.46. The monoisotopic (exact) mass is 437 g/mol. The van der Waals surface area contributed by atoms with Crippen molar-refractivity contribution in [1.82, 2.24) is 15.2 Å². The van der Waals surface area contributed by atoms with E-state index in [0.29, 0.717) is 17.7 Å². The van der Waals surface area contributed by atoms with Crippen LogP contribution in [0.5, 0.6) is 0 Å². The molecule has 1 heterocycles. The lowest BCUT2D eigenvalue weighted by Gasteiger charge is -2.10. The van der Waals surface area contributed by atoms with Crippen LogP contribution in [0.4, 0.5) is 11.4 Å². The fourth-order valence-electron chi connectivity index (χ4n) is 2.87. The number of hydrogen-bond acceptors (Lipinski definition) is 6. The number of aromatic nitrogens is 3. The molecule has 0 spiro atoms. The Bertz CT molecular complexity index is 1150. The minimum absolute atomic E-state index is 0.0746. The highest BCUT2D eigenvalue weighted by molar-refractivity contribution is 7.99. The van der Waals surface area contributed by atoms with E-state index >= 15 is 0 Å². The first-order valence-corrected chi connectivity index (χ1v) is 10.9. The van der Waals surface area contributed by atoms with E-state index in [0.717, 1.165) is 29.4 Å². The summed E-state index contributed by atoms with van der Waals surface area (Å²) in [5, 5.41) is 13.9. The SMILES string of the molecule is CCC(=O)Nc1ccccc1-c1nnc(SCC(=O)Nc2ccccc2CC)[nH]c1=O. The fourth-order valence-corrected chi connectivity index (χ4v) is 3.47. The number of benzene rings is 2. The lowest BCUT2D eigenvalue weighted by Crippen LogP contribution is -2.18. The summed E-state index contributed by atoms with van der Waals surface area (Å²) in [5.41, 5.74) is 2.43. The van der Waals surface area contributed by atoms with Crippen LogP contribution in [0.25, 0.3) is 11.3 Å². The van der Waals surface area contributed by atoms with Crippen LogP contribution in [-0.2, 0) is 16.0 Å². The summed E-state index contributed by atoms with van der Waals surface area (Å²) < 4.78 is 0. The number of aryl methyl sites for hydroxylation is 1. The van der Waals surface area contributed by atoms with Crippen molar-refractivity contribution < 1.29 is 9.59 Å². The molecule has 3 N–H and O–H groups in total. The second-order valence-electron chi connectivity index (χ2n) is 6.60. The number of rotatable bonds is 8. The first-order chi connectivity index (χ1) is 15.0. The standard InChI is InChI=1S/C22H23N5O3S/c1-3-14-9-5-7-11-16(14)23-19(29)13-31-22-25-21(30)20(26-27-22)15-10-6-8-12-17(15)24-18(28)4-2/h5-12H,3-4,13H2,1-2H3,(H,23,29)(H,24,28)(H,25,27,30). The van der Waals surface area contributed by atoms with Crippen molar-refractivity contribution in [2.75, 3.05) is 16.4 Å². The molecule has 0 fully saturated rings. The predicted octanol–water partition coefficient (Wildman–Crippen LogP) is 3.47. The third-order valence-electron chi connectivity index (χ3n) is 4.47. The Labute approximate surface area is 183 Å². The molecule has 0 saturated carbocycles. The number of nitrogens with one attached hydrogen (secondary N) is 3. The lowest BCUT2D eigenvalue weighted by molar-refractivity contribution is -0.116. The highest BCUT2D eigenvalue weighted by atomic mass is 32.2. The molecule has 2 aromatic carbocycles. The highest BCUT2D eigenvalue weighted by Gasteiger charge is 2.14. The van der Waals surface area contributed by atoms with E-state index in [1.54, 1.807) is 31.2 Å². The van der Waals surface area contributed by atoms with Crippen LogP contribution < -0.4 is 16.2 Å². The van der Waals surface area contributed by atoms with E-state index < -0.39 is 5.56 Å². The van der Waals surface area contributed by atoms with Crippen molar-refractivity contribution >= 4 is 35.0 Å². The molecule has 0 aliphatic rings. The number of carbonyl (C=O) groups is 2. The zero-order chi connectivity index (χ0) is 22.2. The number of H-pyrrole nitrogens is 1. The summed E-state index contributed by atoms with van der Waals surface area (Å²) in [6, 6.07) is 14.5. The molecular formula is C22H23N5O3S. The zero-order valence-corrected chi connectivity index (χ0v) is 18.1. The Morgan fingerprint density at radius 1 is 0.935 bits per heavy atom. The number of thioether (sulfide) groups is 1. The van der Waals surface area contributed by atoms with Gasteiger partial charge in [0.2, 0.25) is 11.8 Å². The van der Waals surface area contributed by atoms with E-state index in [1.807, 2.05) is 31.2 Å². The molecule has 31 heavy (non-hydrogen) atoms. The van der Waals surface area contributed by atoms with Gasteiger partial charge in [0.1, 0.15) is 0 Å². The van der Waals surface area contributed by atoms with E-state index in [4.69, 9.17) is 0 Å². The van der Waals surface area contributed by atoms with Crippen molar-refractivity contribution in [2.24, 2.45) is 0 Å². The molecule has 0 aliphatic heterocycles. The quantitative estimate of drug-likeness (QED) is 0.465. The van der Waals surface area contributed by atoms with Gasteiger partial charge in [0.25, 0.3) is 5.56 Å². The largest absolute Gasteiger partial charge is 0.325 e. The van der Waals surface area contributed by atoms with Gasteiger partial charge < -0.3 is 10.6 Å². The number of anilines is 2. The van der Waals surface area contributed by atoms with E-state index in [1.165, 1.54) is 0 Å². The smallest absolute Gasteiger partial charge is 0.278 e. The molecule has 3 aromatic rings. The average Bonchev–Trinajstić information content (AvgIpc) is 2.78. The molecule has 9 heteroatoms. The molecule has 2 amide bonds. The van der Waals surface area contributed by atoms with Gasteiger partial charge in [0, 0.05) is 17.7 Å². The molecule has 1 aromatic heterocycles. The van der Waals surface area contributed by atoms with Gasteiger partial charge in [-0.1, -0.05) is 62.0 Å². The maximum absolute atomic E-state index is 12.6. The van der Waals surface area contributed by atoms with Crippen LogP contribution >= 0.6 is 11.8 Å². The van der Waals surface area contributed by atoms with Crippen LogP contribution in [0.3, 0.4) is 0 Å². The van der Waals surface area contributed by atoms with Gasteiger partial charge in [-0.15, -0.1) is 10.2 Å². The van der Waals surface area contributed by atoms with Gasteiger partial charge in [-0.25, -0.2) is 0 Å². The van der Waals surface area contributed by atoms with Gasteiger partial charge >= 0.3 is 0 Å². The Kier molecular flexibility index (Phi) is 7.55. The van der Waals surface area contributed by atoms with Crippen LogP contribution in [0.2, 0.25) is 0 Å². The first kappa shape index (κ1) is 22.2. The van der Waals surface area contributed by atoms with Crippen molar-refractivity contribution in [3.8, 4) is 11.3 Å². The van der Waals surface area contributed by atoms with Crippen molar-refractivity contribution in [3.63, 3.8) is 0 Å². The van der Waals surface area contributed by atoms with Gasteiger partial charge in [-0.3, -0.25) is 19.4 Å². The molecule has 3 rings (SSSR count). The van der Waals surface area contributed by atoms with Crippen molar-refractivity contribution in [1.29, 1.82) is 0 Å². The number of nitrogens with zero attached hydrogens (tertiary/aromatic N) is 2. The number of para-hydroxylation sites is 2. The van der Waals surface area contributed by atoms with E-state index in [9.17, 15) is 14.4 Å². The van der Waals surface area contributed by atoms with Gasteiger partial charge in [-0.05, 0) is 24.1 Å². The molecule has 160 valence electrons. The highest BCUT2D eigenvalue weighted by Crippen LogP contribution is 2.24. The number of amides is 2. The Balaban J connectivity index is 1.70. The average molecular weight is 438 g/mol. The summed E-state index contributed by atoms with van der Waals surface area (Å²) in [6.07, 6.45) is 1.13. The second kappa shape index (κ2) is 10.5. The van der Waals surface area contributed by atoms with Crippen LogP contribution in [0.15, 0.2) is 58.5 Å². The van der Waals surface area contributed by atoms with E-state index in [2.05, 4.69) is 25.8 Å². The molecule has 0 atom stereocenters. The number of carbonyl (C=O) groups excluding carboxylic acids is 2. The minimum atomic E-state index is -0.451. The number of aromatic amines is 1. The van der Waals surface area contributed by atoms with Crippen LogP contribution in [-0.4, -0.2) is 32.7 Å². The fraction of sp³-hybridized carbons (Fsp3) is 0.227. The van der Waals surface area contributed by atoms with E-state index in [-0.39, 0.29) is 28.4 Å². The Morgan fingerprint density at radius 2 is 1.61 bits per heavy atom. The topological polar surface area (TPSA) is 117 Å². The maximum Gasteiger partial charge on any atom is 0.278 e. The summed E-state index contributed by atoms with van der Waals surface area (Å²) in [4.78, 5) is 39.3. The molecule has 8 nitrogen and oxygen atoms in total. The van der Waals surface area contributed by atoms with Gasteiger partial charge in [0.05, 0.1) is 11.4 Å². The zero-order valence-electron chi connectivity index (χ0n) is 17.3. The summed E-state index contributed by atoms with van der Waals surface area (Å²) >= 11 is 1.09.